The van der Waals surface area contributed by atoms with Crippen LogP contribution in [0.15, 0.2) is 42.5 Å². The first kappa shape index (κ1) is 27.5. The van der Waals surface area contributed by atoms with E-state index in [1.54, 1.807) is 49.4 Å². The van der Waals surface area contributed by atoms with E-state index < -0.39 is 28.5 Å². The number of benzene rings is 2. The van der Waals surface area contributed by atoms with Crippen LogP contribution in [0.4, 0.5) is 5.69 Å². The van der Waals surface area contributed by atoms with Gasteiger partial charge in [-0.1, -0.05) is 42.8 Å². The molecule has 0 radical (unpaired) electrons. The Kier molecular flexibility index (Phi) is 9.76. The van der Waals surface area contributed by atoms with E-state index in [2.05, 4.69) is 5.32 Å². The van der Waals surface area contributed by atoms with Crippen molar-refractivity contribution in [1.82, 2.24) is 10.2 Å². The fourth-order valence-electron chi connectivity index (χ4n) is 3.38. The highest BCUT2D eigenvalue weighted by Crippen LogP contribution is 2.31. The van der Waals surface area contributed by atoms with Crippen LogP contribution < -0.4 is 14.4 Å². The number of rotatable bonds is 11. The molecule has 0 aliphatic heterocycles. The Morgan fingerprint density at radius 1 is 1.18 bits per heavy atom. The van der Waals surface area contributed by atoms with E-state index in [4.69, 9.17) is 16.3 Å². The molecule has 8 nitrogen and oxygen atoms in total. The molecule has 0 bridgehead atoms. The lowest BCUT2D eigenvalue weighted by atomic mass is 10.1. The minimum atomic E-state index is -3.86. The highest BCUT2D eigenvalue weighted by atomic mass is 35.5. The SMILES string of the molecule is CCCNC(=O)C(C)N(Cc1ccccc1Cl)C(=O)CN(c1cc(C)ccc1OC)S(C)(=O)=O. The van der Waals surface area contributed by atoms with Crippen molar-refractivity contribution in [2.75, 3.05) is 30.8 Å². The lowest BCUT2D eigenvalue weighted by molar-refractivity contribution is -0.139. The summed E-state index contributed by atoms with van der Waals surface area (Å²) in [7, 11) is -2.43. The van der Waals surface area contributed by atoms with Gasteiger partial charge in [0.1, 0.15) is 18.3 Å². The molecule has 1 unspecified atom stereocenters. The molecule has 1 atom stereocenters. The van der Waals surface area contributed by atoms with E-state index >= 15 is 0 Å². The molecule has 0 spiro atoms. The van der Waals surface area contributed by atoms with Crippen LogP contribution in [-0.2, 0) is 26.2 Å². The van der Waals surface area contributed by atoms with Crippen molar-refractivity contribution < 1.29 is 22.7 Å². The number of ether oxygens (including phenoxy) is 1. The van der Waals surface area contributed by atoms with E-state index in [0.29, 0.717) is 22.9 Å². The average Bonchev–Trinajstić information content (AvgIpc) is 2.79. The van der Waals surface area contributed by atoms with Crippen LogP contribution in [-0.4, -0.2) is 57.6 Å². The molecule has 0 heterocycles. The molecule has 0 saturated carbocycles. The number of methoxy groups -OCH3 is 1. The quantitative estimate of drug-likeness (QED) is 0.501. The van der Waals surface area contributed by atoms with E-state index in [-0.39, 0.29) is 18.1 Å². The third-order valence-electron chi connectivity index (χ3n) is 5.30. The molecule has 0 saturated heterocycles. The number of nitrogens with zero attached hydrogens (tertiary/aromatic N) is 2. The molecule has 0 fully saturated rings. The van der Waals surface area contributed by atoms with Gasteiger partial charge in [-0.15, -0.1) is 0 Å². The van der Waals surface area contributed by atoms with Gasteiger partial charge < -0.3 is 15.0 Å². The molecule has 10 heteroatoms. The van der Waals surface area contributed by atoms with Crippen molar-refractivity contribution in [2.45, 2.75) is 39.8 Å². The number of hydrogen-bond donors (Lipinski definition) is 1. The zero-order chi connectivity index (χ0) is 25.5. The van der Waals surface area contributed by atoms with Crippen molar-refractivity contribution in [1.29, 1.82) is 0 Å². The zero-order valence-corrected chi connectivity index (χ0v) is 21.7. The van der Waals surface area contributed by atoms with Gasteiger partial charge in [-0.2, -0.15) is 0 Å². The van der Waals surface area contributed by atoms with Crippen molar-refractivity contribution in [3.8, 4) is 5.75 Å². The van der Waals surface area contributed by atoms with Gasteiger partial charge in [0, 0.05) is 18.1 Å². The van der Waals surface area contributed by atoms with Crippen LogP contribution in [0.25, 0.3) is 0 Å². The first-order valence-corrected chi connectivity index (χ1v) is 13.1. The topological polar surface area (TPSA) is 96.0 Å². The summed E-state index contributed by atoms with van der Waals surface area (Å²) < 4.78 is 31.8. The maximum atomic E-state index is 13.5. The van der Waals surface area contributed by atoms with Crippen LogP contribution in [0.5, 0.6) is 5.75 Å². The monoisotopic (exact) mass is 509 g/mol. The summed E-state index contributed by atoms with van der Waals surface area (Å²) in [4.78, 5) is 27.6. The van der Waals surface area contributed by atoms with Crippen LogP contribution >= 0.6 is 11.6 Å². The second-order valence-corrected chi connectivity index (χ2v) is 10.3. The Bertz CT molecular complexity index is 1120. The van der Waals surface area contributed by atoms with Gasteiger partial charge in [-0.3, -0.25) is 13.9 Å². The fraction of sp³-hybridized carbons (Fsp3) is 0.417. The lowest BCUT2D eigenvalue weighted by Gasteiger charge is -2.32. The fourth-order valence-corrected chi connectivity index (χ4v) is 4.42. The Balaban J connectivity index is 2.46. The summed E-state index contributed by atoms with van der Waals surface area (Å²) in [5, 5.41) is 3.24. The van der Waals surface area contributed by atoms with Gasteiger partial charge in [-0.25, -0.2) is 8.42 Å². The number of carbonyl (C=O) groups excluding carboxylic acids is 2. The minimum absolute atomic E-state index is 0.0434. The van der Waals surface area contributed by atoms with Crippen molar-refractivity contribution >= 4 is 39.1 Å². The minimum Gasteiger partial charge on any atom is -0.495 e. The number of aryl methyl sites for hydroxylation is 1. The predicted octanol–water partition coefficient (Wildman–Crippen LogP) is 3.37. The average molecular weight is 510 g/mol. The van der Waals surface area contributed by atoms with Crippen LogP contribution in [0.3, 0.4) is 0 Å². The van der Waals surface area contributed by atoms with Crippen molar-refractivity contribution in [3.63, 3.8) is 0 Å². The highest BCUT2D eigenvalue weighted by molar-refractivity contribution is 7.92. The predicted molar refractivity (Wildman–Crippen MR) is 135 cm³/mol. The molecule has 0 aliphatic carbocycles. The van der Waals surface area contributed by atoms with Gasteiger partial charge in [0.15, 0.2) is 0 Å². The molecular formula is C24H32ClN3O5S. The number of sulfonamides is 1. The summed E-state index contributed by atoms with van der Waals surface area (Å²) in [6, 6.07) is 11.2. The number of carbonyl (C=O) groups is 2. The third-order valence-corrected chi connectivity index (χ3v) is 6.79. The number of halogens is 1. The largest absolute Gasteiger partial charge is 0.495 e. The van der Waals surface area contributed by atoms with E-state index in [1.165, 1.54) is 12.0 Å². The summed E-state index contributed by atoms with van der Waals surface area (Å²) in [5.41, 5.74) is 1.70. The molecule has 0 aromatic heterocycles. The zero-order valence-electron chi connectivity index (χ0n) is 20.2. The van der Waals surface area contributed by atoms with E-state index in [9.17, 15) is 18.0 Å². The summed E-state index contributed by atoms with van der Waals surface area (Å²) in [6.07, 6.45) is 1.77. The molecule has 2 aromatic rings. The lowest BCUT2D eigenvalue weighted by Crippen LogP contribution is -2.51. The summed E-state index contributed by atoms with van der Waals surface area (Å²) >= 11 is 6.31. The summed E-state index contributed by atoms with van der Waals surface area (Å²) in [5.74, 6) is -0.565. The standard InChI is InChI=1S/C24H32ClN3O5S/c1-6-13-26-24(30)18(3)27(15-19-9-7-8-10-20(19)25)23(29)16-28(34(5,31)32)21-14-17(2)11-12-22(21)33-4/h7-12,14,18H,6,13,15-16H2,1-5H3,(H,26,30). The number of amides is 2. The second-order valence-electron chi connectivity index (χ2n) is 8.02. The van der Waals surface area contributed by atoms with Gasteiger partial charge in [0.05, 0.1) is 19.1 Å². The Labute approximate surface area is 206 Å². The van der Waals surface area contributed by atoms with Gasteiger partial charge >= 0.3 is 0 Å². The van der Waals surface area contributed by atoms with Gasteiger partial charge in [-0.05, 0) is 49.6 Å². The molecule has 1 N–H and O–H groups in total. The molecule has 2 aromatic carbocycles. The second kappa shape index (κ2) is 12.1. The molecule has 2 rings (SSSR count). The third kappa shape index (κ3) is 7.11. The van der Waals surface area contributed by atoms with Crippen LogP contribution in [0.2, 0.25) is 5.02 Å². The van der Waals surface area contributed by atoms with Gasteiger partial charge in [0.2, 0.25) is 21.8 Å². The molecule has 34 heavy (non-hydrogen) atoms. The molecule has 0 aliphatic rings. The number of nitrogens with one attached hydrogen (secondary N) is 1. The Morgan fingerprint density at radius 3 is 2.44 bits per heavy atom. The van der Waals surface area contributed by atoms with E-state index in [1.807, 2.05) is 13.8 Å². The van der Waals surface area contributed by atoms with Crippen LogP contribution in [0.1, 0.15) is 31.4 Å². The molecular weight excluding hydrogens is 478 g/mol. The number of hydrogen-bond acceptors (Lipinski definition) is 5. The first-order chi connectivity index (χ1) is 16.0. The Morgan fingerprint density at radius 2 is 1.85 bits per heavy atom. The first-order valence-electron chi connectivity index (χ1n) is 10.9. The maximum absolute atomic E-state index is 13.5. The molecule has 186 valence electrons. The van der Waals surface area contributed by atoms with Crippen molar-refractivity contribution in [3.05, 3.63) is 58.6 Å². The van der Waals surface area contributed by atoms with E-state index in [0.717, 1.165) is 22.5 Å². The normalized spacial score (nSPS) is 12.1. The summed E-state index contributed by atoms with van der Waals surface area (Å²) in [6.45, 7) is 5.35. The Hall–Kier alpha value is -2.78. The molecule has 2 amide bonds. The smallest absolute Gasteiger partial charge is 0.244 e. The van der Waals surface area contributed by atoms with Crippen LogP contribution in [0, 0.1) is 6.92 Å². The highest BCUT2D eigenvalue weighted by Gasteiger charge is 2.31. The maximum Gasteiger partial charge on any atom is 0.244 e. The van der Waals surface area contributed by atoms with Gasteiger partial charge in [0.25, 0.3) is 0 Å². The number of anilines is 1. The van der Waals surface area contributed by atoms with Crippen molar-refractivity contribution in [2.24, 2.45) is 0 Å².